The van der Waals surface area contributed by atoms with Gasteiger partial charge in [-0.25, -0.2) is 19.2 Å². The number of carbonyl (C=O) groups is 4. The van der Waals surface area contributed by atoms with Crippen LogP contribution in [0, 0.1) is 23.7 Å². The van der Waals surface area contributed by atoms with Gasteiger partial charge in [-0.3, -0.25) is 27.9 Å². The standard InChI is InChI=1S/C20H26N6O3.C19H25N7O3.2C2HF3O2/c1-3-4-12-26-15-16(22-20(26)24-10-6-5-7-11-24)21-19(23(2)17(15)27)25-13-8-9-14(25)18(28)29;1-3-4-9-26-14-15(22-19(26)24-11-7-20-8-12-24)21-18(23(2)16(14)27)25-10-5-6-13(25)17(28)29;2*3-2(4,5)1(6)7/h14H,5-13H2,1-2H3,(H,28,29);13,20H,5-12H2,1-2H3,(H,28,29);2*(H,6,7)/t14-;13-;;/m11../s1. The molecule has 0 spiro atoms. The molecule has 23 nitrogen and oxygen atoms in total. The van der Waals surface area contributed by atoms with Crippen molar-refractivity contribution in [2.75, 3.05) is 72.0 Å². The molecule has 0 aromatic carbocycles. The number of hydrogen-bond donors (Lipinski definition) is 5. The Morgan fingerprint density at radius 1 is 0.569 bits per heavy atom. The average Bonchev–Trinajstić information content (AvgIpc) is 4.16. The van der Waals surface area contributed by atoms with Gasteiger partial charge in [0, 0.05) is 66.5 Å². The quantitative estimate of drug-likeness (QED) is 0.125. The van der Waals surface area contributed by atoms with Crippen LogP contribution >= 0.6 is 0 Å². The second-order valence-corrected chi connectivity index (χ2v) is 16.5. The molecule has 72 heavy (non-hydrogen) atoms. The summed E-state index contributed by atoms with van der Waals surface area (Å²) in [5, 5.41) is 36.6. The summed E-state index contributed by atoms with van der Waals surface area (Å²) in [6, 6.07) is -1.34. The van der Waals surface area contributed by atoms with Gasteiger partial charge in [-0.05, 0) is 58.8 Å². The molecule has 0 amide bonds. The lowest BCUT2D eigenvalue weighted by molar-refractivity contribution is -0.193. The minimum absolute atomic E-state index is 0.227. The predicted octanol–water partition coefficient (Wildman–Crippen LogP) is 2.08. The number of halogens is 6. The predicted molar refractivity (Wildman–Crippen MR) is 247 cm³/mol. The van der Waals surface area contributed by atoms with Crippen molar-refractivity contribution in [3.8, 4) is 23.7 Å². The summed E-state index contributed by atoms with van der Waals surface area (Å²) < 4.78 is 70.0. The molecule has 5 N–H and O–H groups in total. The molecule has 0 aliphatic carbocycles. The van der Waals surface area contributed by atoms with Crippen molar-refractivity contribution in [2.24, 2.45) is 14.1 Å². The Kier molecular flexibility index (Phi) is 18.1. The van der Waals surface area contributed by atoms with Crippen LogP contribution in [0.25, 0.3) is 22.3 Å². The number of piperazine rings is 1. The van der Waals surface area contributed by atoms with Crippen molar-refractivity contribution in [1.29, 1.82) is 0 Å². The zero-order valence-corrected chi connectivity index (χ0v) is 39.5. The summed E-state index contributed by atoms with van der Waals surface area (Å²) in [5.74, 6) is 6.65. The Hall–Kier alpha value is -7.56. The van der Waals surface area contributed by atoms with Gasteiger partial charge in [0.05, 0.1) is 13.1 Å². The number of alkyl halides is 6. The van der Waals surface area contributed by atoms with Crippen LogP contribution in [-0.4, -0.2) is 159 Å². The fourth-order valence-corrected chi connectivity index (χ4v) is 8.37. The van der Waals surface area contributed by atoms with Gasteiger partial charge >= 0.3 is 36.2 Å². The van der Waals surface area contributed by atoms with E-state index in [0.29, 0.717) is 79.2 Å². The van der Waals surface area contributed by atoms with Gasteiger partial charge in [-0.2, -0.15) is 46.3 Å². The summed E-state index contributed by atoms with van der Waals surface area (Å²) in [6.45, 7) is 10.4. The Bertz CT molecular complexity index is 2700. The van der Waals surface area contributed by atoms with Crippen molar-refractivity contribution >= 4 is 70.0 Å². The molecule has 4 aliphatic rings. The van der Waals surface area contributed by atoms with E-state index in [2.05, 4.69) is 53.8 Å². The maximum Gasteiger partial charge on any atom is 0.490 e. The van der Waals surface area contributed by atoms with Gasteiger partial charge in [-0.15, -0.1) is 11.8 Å². The summed E-state index contributed by atoms with van der Waals surface area (Å²) >= 11 is 0. The number of anilines is 4. The smallest absolute Gasteiger partial charge is 0.480 e. The minimum Gasteiger partial charge on any atom is -0.480 e. The molecule has 0 bridgehead atoms. The molecule has 29 heteroatoms. The lowest BCUT2D eigenvalue weighted by Gasteiger charge is -2.28. The van der Waals surface area contributed by atoms with Gasteiger partial charge in [0.1, 0.15) is 12.1 Å². The van der Waals surface area contributed by atoms with E-state index in [4.69, 9.17) is 24.8 Å². The molecule has 0 saturated carbocycles. The summed E-state index contributed by atoms with van der Waals surface area (Å²) in [7, 11) is 3.28. The summed E-state index contributed by atoms with van der Waals surface area (Å²) in [4.78, 5) is 94.0. The number of nitrogens with one attached hydrogen (secondary N) is 1. The highest BCUT2D eigenvalue weighted by Gasteiger charge is 2.39. The Morgan fingerprint density at radius 2 is 0.917 bits per heavy atom. The Balaban J connectivity index is 0.000000212. The van der Waals surface area contributed by atoms with Gasteiger partial charge in [0.25, 0.3) is 11.1 Å². The van der Waals surface area contributed by atoms with E-state index in [1.807, 2.05) is 9.13 Å². The van der Waals surface area contributed by atoms with E-state index >= 15 is 0 Å². The van der Waals surface area contributed by atoms with E-state index in [0.717, 1.165) is 70.9 Å². The SMILES string of the molecule is CC#CCn1c(N2CCCCC2)nc2nc(N3CCC[C@@H]3C(=O)O)n(C)c(=O)c21.CC#CCn1c(N2CCNCC2)nc2nc(N3CCC[C@@H]3C(=O)O)n(C)c(=O)c21.O=C(O)C(F)(F)F.O=C(O)C(F)(F)F. The number of hydrogen-bond acceptors (Lipinski definition) is 15. The van der Waals surface area contributed by atoms with Crippen LogP contribution in [0.2, 0.25) is 0 Å². The number of aromatic nitrogens is 8. The number of aliphatic carboxylic acids is 4. The fraction of sp³-hybridized carbons (Fsp3) is 0.581. The third-order valence-corrected chi connectivity index (χ3v) is 11.8. The number of fused-ring (bicyclic) bond motifs is 2. The molecule has 0 unspecified atom stereocenters. The molecule has 392 valence electrons. The van der Waals surface area contributed by atoms with Gasteiger partial charge in [0.2, 0.25) is 23.8 Å². The van der Waals surface area contributed by atoms with Crippen LogP contribution in [0.3, 0.4) is 0 Å². The maximum atomic E-state index is 13.3. The third-order valence-electron chi connectivity index (χ3n) is 11.8. The topological polar surface area (TPSA) is 280 Å². The minimum atomic E-state index is -5.08. The first-order valence-corrected chi connectivity index (χ1v) is 22.5. The first-order valence-electron chi connectivity index (χ1n) is 22.5. The van der Waals surface area contributed by atoms with Crippen LogP contribution in [0.5, 0.6) is 0 Å². The molecule has 4 aromatic rings. The Labute approximate surface area is 405 Å². The molecule has 8 rings (SSSR count). The van der Waals surface area contributed by atoms with Crippen LogP contribution < -0.4 is 36.0 Å². The number of carboxylic acids is 4. The van der Waals surface area contributed by atoms with E-state index in [1.165, 1.54) is 15.6 Å². The number of carboxylic acid groups (broad SMARTS) is 4. The second kappa shape index (κ2) is 23.6. The van der Waals surface area contributed by atoms with Crippen molar-refractivity contribution in [3.63, 3.8) is 0 Å². The van der Waals surface area contributed by atoms with Crippen molar-refractivity contribution in [3.05, 3.63) is 20.7 Å². The van der Waals surface area contributed by atoms with Crippen LogP contribution in [0.15, 0.2) is 9.59 Å². The molecule has 0 radical (unpaired) electrons. The van der Waals surface area contributed by atoms with Crippen LogP contribution in [0.1, 0.15) is 58.8 Å². The second-order valence-electron chi connectivity index (χ2n) is 16.5. The zero-order valence-electron chi connectivity index (χ0n) is 39.5. The molecule has 4 saturated heterocycles. The first kappa shape index (κ1) is 55.4. The molecule has 2 atom stereocenters. The van der Waals surface area contributed by atoms with E-state index < -0.39 is 48.3 Å². The molecule has 4 aliphatic heterocycles. The van der Waals surface area contributed by atoms with Gasteiger partial charge in [0.15, 0.2) is 22.3 Å². The van der Waals surface area contributed by atoms with Gasteiger partial charge in [-0.1, -0.05) is 11.8 Å². The lowest BCUT2D eigenvalue weighted by Crippen LogP contribution is -2.44. The molecule has 4 aromatic heterocycles. The molecule has 8 heterocycles. The van der Waals surface area contributed by atoms with Crippen LogP contribution in [-0.2, 0) is 46.4 Å². The first-order chi connectivity index (χ1) is 33.9. The highest BCUT2D eigenvalue weighted by molar-refractivity contribution is 5.81. The summed E-state index contributed by atoms with van der Waals surface area (Å²) in [5.41, 5.74) is 1.05. The van der Waals surface area contributed by atoms with Crippen molar-refractivity contribution in [2.45, 2.75) is 96.3 Å². The van der Waals surface area contributed by atoms with Gasteiger partial charge < -0.3 is 45.3 Å². The zero-order chi connectivity index (χ0) is 53.2. The van der Waals surface area contributed by atoms with E-state index in [1.54, 1.807) is 37.7 Å². The lowest BCUT2D eigenvalue weighted by atomic mass is 10.1. The molecule has 4 fully saturated rings. The number of piperidine rings is 1. The largest absolute Gasteiger partial charge is 0.490 e. The fourth-order valence-electron chi connectivity index (χ4n) is 8.37. The number of rotatable bonds is 8. The monoisotopic (exact) mass is 1030 g/mol. The van der Waals surface area contributed by atoms with Crippen LogP contribution in [0.4, 0.5) is 50.1 Å². The number of imidazole rings is 2. The average molecular weight is 1030 g/mol. The summed E-state index contributed by atoms with van der Waals surface area (Å²) in [6.07, 6.45) is -4.21. The highest BCUT2D eigenvalue weighted by atomic mass is 19.4. The Morgan fingerprint density at radius 3 is 1.25 bits per heavy atom. The maximum absolute atomic E-state index is 13.3. The molecular formula is C43H53F6N13O10. The van der Waals surface area contributed by atoms with Crippen molar-refractivity contribution in [1.82, 2.24) is 43.5 Å². The highest BCUT2D eigenvalue weighted by Crippen LogP contribution is 2.29. The number of nitrogens with zero attached hydrogens (tertiary/aromatic N) is 12. The third kappa shape index (κ3) is 12.7. The van der Waals surface area contributed by atoms with E-state index in [-0.39, 0.29) is 11.1 Å². The van der Waals surface area contributed by atoms with E-state index in [9.17, 15) is 55.7 Å². The molecular weight excluding hydrogens is 973 g/mol. The normalized spacial score (nSPS) is 17.9. The van der Waals surface area contributed by atoms with Crippen molar-refractivity contribution < 1.29 is 65.9 Å².